The lowest BCUT2D eigenvalue weighted by Crippen LogP contribution is -2.33. The molecule has 1 amide bonds. The lowest BCUT2D eigenvalue weighted by Gasteiger charge is -2.23. The second-order valence-corrected chi connectivity index (χ2v) is 6.09. The van der Waals surface area contributed by atoms with Crippen LogP contribution in [0.4, 0.5) is 8.78 Å². The van der Waals surface area contributed by atoms with Crippen molar-refractivity contribution >= 4 is 28.5 Å². The number of nitrogens with one attached hydrogen (secondary N) is 1. The lowest BCUT2D eigenvalue weighted by molar-refractivity contribution is 0.0963. The SMILES string of the molecule is Cc1ccc(C(=O)NC2=CC(F)C(C)(F)C=C2)cc1I. The van der Waals surface area contributed by atoms with Gasteiger partial charge < -0.3 is 5.32 Å². The molecule has 0 bridgehead atoms. The minimum Gasteiger partial charge on any atom is -0.322 e. The van der Waals surface area contributed by atoms with Gasteiger partial charge in [0.1, 0.15) is 0 Å². The maximum absolute atomic E-state index is 13.6. The monoisotopic (exact) mass is 389 g/mol. The molecule has 0 aromatic heterocycles. The molecule has 2 unspecified atom stereocenters. The third kappa shape index (κ3) is 3.26. The second kappa shape index (κ2) is 5.63. The predicted octanol–water partition coefficient (Wildman–Crippen LogP) is 3.85. The van der Waals surface area contributed by atoms with E-state index in [-0.39, 0.29) is 11.6 Å². The quantitative estimate of drug-likeness (QED) is 0.766. The van der Waals surface area contributed by atoms with Crippen LogP contribution in [0.5, 0.6) is 0 Å². The molecule has 20 heavy (non-hydrogen) atoms. The van der Waals surface area contributed by atoms with Crippen molar-refractivity contribution in [3.63, 3.8) is 0 Å². The Labute approximate surface area is 130 Å². The third-order valence-corrected chi connectivity index (χ3v) is 4.31. The average molecular weight is 389 g/mol. The molecule has 1 aromatic rings. The number of aryl methyl sites for hydroxylation is 1. The van der Waals surface area contributed by atoms with Gasteiger partial charge >= 0.3 is 0 Å². The lowest BCUT2D eigenvalue weighted by atomic mass is 9.96. The standard InChI is InChI=1S/C15H14F2INO/c1-9-3-4-10(7-12(9)18)14(20)19-11-5-6-15(2,17)13(16)8-11/h3-8,13H,1-2H3,(H,19,20). The number of hydrogen-bond acceptors (Lipinski definition) is 1. The molecular weight excluding hydrogens is 375 g/mol. The first kappa shape index (κ1) is 15.2. The third-order valence-electron chi connectivity index (χ3n) is 3.15. The van der Waals surface area contributed by atoms with Crippen LogP contribution in [0.3, 0.4) is 0 Å². The molecule has 1 aliphatic carbocycles. The summed E-state index contributed by atoms with van der Waals surface area (Å²) in [6, 6.07) is 5.30. The molecule has 0 fully saturated rings. The van der Waals surface area contributed by atoms with Gasteiger partial charge in [-0.15, -0.1) is 0 Å². The van der Waals surface area contributed by atoms with Gasteiger partial charge in [-0.1, -0.05) is 6.07 Å². The largest absolute Gasteiger partial charge is 0.322 e. The van der Waals surface area contributed by atoms with Crippen molar-refractivity contribution in [3.05, 3.63) is 56.8 Å². The highest BCUT2D eigenvalue weighted by Crippen LogP contribution is 2.26. The normalized spacial score (nSPS) is 25.2. The van der Waals surface area contributed by atoms with E-state index in [1.165, 1.54) is 6.08 Å². The first-order valence-corrected chi connectivity index (χ1v) is 7.19. The highest BCUT2D eigenvalue weighted by Gasteiger charge is 2.33. The molecule has 0 heterocycles. The summed E-state index contributed by atoms with van der Waals surface area (Å²) in [6.45, 7) is 3.11. The fourth-order valence-electron chi connectivity index (χ4n) is 1.74. The van der Waals surface area contributed by atoms with Crippen LogP contribution in [-0.4, -0.2) is 17.7 Å². The van der Waals surface area contributed by atoms with Crippen LogP contribution in [0.15, 0.2) is 42.1 Å². The van der Waals surface area contributed by atoms with E-state index in [9.17, 15) is 13.6 Å². The Morgan fingerprint density at radius 1 is 1.45 bits per heavy atom. The first-order valence-electron chi connectivity index (χ1n) is 6.11. The van der Waals surface area contributed by atoms with Crippen molar-refractivity contribution in [3.8, 4) is 0 Å². The van der Waals surface area contributed by atoms with E-state index < -0.39 is 11.8 Å². The summed E-state index contributed by atoms with van der Waals surface area (Å²) in [4.78, 5) is 12.0. The van der Waals surface area contributed by atoms with E-state index in [2.05, 4.69) is 27.9 Å². The average Bonchev–Trinajstić information content (AvgIpc) is 2.37. The Hall–Kier alpha value is -1.24. The molecular formula is C15H14F2INO. The number of allylic oxidation sites excluding steroid dienone is 3. The first-order chi connectivity index (χ1) is 9.29. The van der Waals surface area contributed by atoms with Gasteiger partial charge in [-0.3, -0.25) is 4.79 Å². The number of amides is 1. The summed E-state index contributed by atoms with van der Waals surface area (Å²) in [7, 11) is 0. The molecule has 1 N–H and O–H groups in total. The summed E-state index contributed by atoms with van der Waals surface area (Å²) < 4.78 is 28.1. The zero-order valence-electron chi connectivity index (χ0n) is 11.1. The minimum atomic E-state index is -2.02. The van der Waals surface area contributed by atoms with Crippen molar-refractivity contribution < 1.29 is 13.6 Å². The Balaban J connectivity index is 2.13. The zero-order chi connectivity index (χ0) is 14.9. The van der Waals surface area contributed by atoms with Crippen LogP contribution in [0.1, 0.15) is 22.8 Å². The van der Waals surface area contributed by atoms with Gasteiger partial charge in [0.05, 0.1) is 0 Å². The molecule has 1 aromatic carbocycles. The number of alkyl halides is 2. The van der Waals surface area contributed by atoms with Crippen LogP contribution >= 0.6 is 22.6 Å². The predicted molar refractivity (Wildman–Crippen MR) is 83.0 cm³/mol. The van der Waals surface area contributed by atoms with E-state index in [1.807, 2.05) is 13.0 Å². The van der Waals surface area contributed by atoms with Crippen LogP contribution in [-0.2, 0) is 0 Å². The maximum atomic E-state index is 13.6. The Morgan fingerprint density at radius 3 is 2.75 bits per heavy atom. The summed E-state index contributed by atoms with van der Waals surface area (Å²) >= 11 is 2.14. The van der Waals surface area contributed by atoms with Gasteiger partial charge in [0.15, 0.2) is 11.8 Å². The van der Waals surface area contributed by atoms with Crippen LogP contribution in [0.25, 0.3) is 0 Å². The molecule has 2 atom stereocenters. The maximum Gasteiger partial charge on any atom is 0.255 e. The van der Waals surface area contributed by atoms with Gasteiger partial charge in [-0.2, -0.15) is 0 Å². The van der Waals surface area contributed by atoms with Crippen molar-refractivity contribution in [2.75, 3.05) is 0 Å². The molecule has 2 rings (SSSR count). The van der Waals surface area contributed by atoms with E-state index in [0.29, 0.717) is 5.56 Å². The van der Waals surface area contributed by atoms with Crippen molar-refractivity contribution in [1.29, 1.82) is 0 Å². The van der Waals surface area contributed by atoms with Crippen molar-refractivity contribution in [2.45, 2.75) is 25.7 Å². The number of rotatable bonds is 2. The number of hydrogen-bond donors (Lipinski definition) is 1. The van der Waals surface area contributed by atoms with Crippen molar-refractivity contribution in [2.24, 2.45) is 0 Å². The van der Waals surface area contributed by atoms with Crippen LogP contribution in [0.2, 0.25) is 0 Å². The van der Waals surface area contributed by atoms with Gasteiger partial charge in [0, 0.05) is 14.8 Å². The minimum absolute atomic E-state index is 0.271. The van der Waals surface area contributed by atoms with Crippen LogP contribution < -0.4 is 5.32 Å². The van der Waals surface area contributed by atoms with Gasteiger partial charge in [0.2, 0.25) is 0 Å². The summed E-state index contributed by atoms with van der Waals surface area (Å²) in [5.74, 6) is -0.339. The number of benzene rings is 1. The fourth-order valence-corrected chi connectivity index (χ4v) is 2.26. The van der Waals surface area contributed by atoms with Gasteiger partial charge in [-0.25, -0.2) is 8.78 Å². The molecule has 0 radical (unpaired) electrons. The molecule has 0 aliphatic heterocycles. The van der Waals surface area contributed by atoms with E-state index in [0.717, 1.165) is 28.2 Å². The Kier molecular flexibility index (Phi) is 4.27. The highest BCUT2D eigenvalue weighted by molar-refractivity contribution is 14.1. The summed E-state index contributed by atoms with van der Waals surface area (Å²) in [6.07, 6.45) is 1.82. The zero-order valence-corrected chi connectivity index (χ0v) is 13.2. The molecule has 2 nitrogen and oxygen atoms in total. The van der Waals surface area contributed by atoms with Gasteiger partial charge in [-0.05, 0) is 72.4 Å². The highest BCUT2D eigenvalue weighted by atomic mass is 127. The topological polar surface area (TPSA) is 29.1 Å². The number of carbonyl (C=O) groups excluding carboxylic acids is 1. The summed E-state index contributed by atoms with van der Waals surface area (Å²) in [5, 5.41) is 2.58. The smallest absolute Gasteiger partial charge is 0.255 e. The molecule has 0 saturated heterocycles. The molecule has 5 heteroatoms. The fraction of sp³-hybridized carbons (Fsp3) is 0.267. The molecule has 106 valence electrons. The second-order valence-electron chi connectivity index (χ2n) is 4.93. The Morgan fingerprint density at radius 2 is 2.15 bits per heavy atom. The van der Waals surface area contributed by atoms with E-state index >= 15 is 0 Å². The Bertz CT molecular complexity index is 608. The van der Waals surface area contributed by atoms with Gasteiger partial charge in [0.25, 0.3) is 5.91 Å². The number of halogens is 3. The van der Waals surface area contributed by atoms with Crippen molar-refractivity contribution in [1.82, 2.24) is 5.32 Å². The molecule has 1 aliphatic rings. The number of carbonyl (C=O) groups is 1. The van der Waals surface area contributed by atoms with E-state index in [1.54, 1.807) is 12.1 Å². The summed E-state index contributed by atoms with van der Waals surface area (Å²) in [5.41, 5.74) is -0.185. The van der Waals surface area contributed by atoms with E-state index in [4.69, 9.17) is 0 Å². The molecule has 0 spiro atoms. The van der Waals surface area contributed by atoms with Crippen LogP contribution in [0, 0.1) is 10.5 Å². The molecule has 0 saturated carbocycles.